The molecule has 0 atom stereocenters. The summed E-state index contributed by atoms with van der Waals surface area (Å²) in [6.45, 7) is 0. The molecular weight excluding hydrogens is 278 g/mol. The van der Waals surface area contributed by atoms with Gasteiger partial charge >= 0.3 is 5.97 Å². The maximum atomic E-state index is 10.9. The number of carboxylic acids is 1. The normalized spacial score (nSPS) is 10.2. The zero-order chi connectivity index (χ0) is 14.5. The molecule has 0 bridgehead atoms. The van der Waals surface area contributed by atoms with Crippen LogP contribution < -0.4 is 0 Å². The van der Waals surface area contributed by atoms with Gasteiger partial charge in [-0.25, -0.2) is 4.79 Å². The fourth-order valence-corrected chi connectivity index (χ4v) is 2.61. The van der Waals surface area contributed by atoms with Gasteiger partial charge in [0.05, 0.1) is 15.4 Å². The third kappa shape index (κ3) is 3.36. The number of hydrogen-bond acceptors (Lipinski definition) is 4. The Morgan fingerprint density at radius 1 is 1.15 bits per heavy atom. The number of hydrogen-bond donors (Lipinski definition) is 1. The summed E-state index contributed by atoms with van der Waals surface area (Å²) in [7, 11) is 0. The Hall–Kier alpha value is -2.34. The van der Waals surface area contributed by atoms with Gasteiger partial charge in [-0.15, -0.1) is 11.8 Å². The van der Waals surface area contributed by atoms with Gasteiger partial charge in [-0.2, -0.15) is 0 Å². The number of nitro benzene ring substituents is 1. The summed E-state index contributed by atoms with van der Waals surface area (Å²) in [5.74, 6) is -0.423. The second-order valence-electron chi connectivity index (χ2n) is 4.02. The van der Waals surface area contributed by atoms with Gasteiger partial charge in [-0.1, -0.05) is 24.3 Å². The number of rotatable bonds is 5. The van der Waals surface area contributed by atoms with Crippen LogP contribution in [-0.4, -0.2) is 16.0 Å². The van der Waals surface area contributed by atoms with Crippen LogP contribution in [-0.2, 0) is 5.75 Å². The number of carboxylic acid groups (broad SMARTS) is 1. The molecule has 0 aliphatic carbocycles. The predicted molar refractivity (Wildman–Crippen MR) is 76.1 cm³/mol. The lowest BCUT2D eigenvalue weighted by Gasteiger charge is -2.03. The van der Waals surface area contributed by atoms with E-state index in [2.05, 4.69) is 0 Å². The second-order valence-corrected chi connectivity index (χ2v) is 5.03. The summed E-state index contributed by atoms with van der Waals surface area (Å²) in [5.41, 5.74) is 1.22. The van der Waals surface area contributed by atoms with E-state index in [1.54, 1.807) is 30.3 Å². The first kappa shape index (κ1) is 14.1. The van der Waals surface area contributed by atoms with Crippen molar-refractivity contribution in [3.8, 4) is 0 Å². The van der Waals surface area contributed by atoms with Crippen molar-refractivity contribution >= 4 is 23.4 Å². The van der Waals surface area contributed by atoms with E-state index in [0.717, 1.165) is 5.56 Å². The molecule has 0 unspecified atom stereocenters. The van der Waals surface area contributed by atoms with Crippen LogP contribution in [0.3, 0.4) is 0 Å². The molecule has 0 saturated carbocycles. The van der Waals surface area contributed by atoms with Crippen LogP contribution in [0.15, 0.2) is 53.4 Å². The fourth-order valence-electron chi connectivity index (χ4n) is 1.63. The van der Waals surface area contributed by atoms with Gasteiger partial charge in [0.1, 0.15) is 0 Å². The molecule has 5 nitrogen and oxygen atoms in total. The molecular formula is C14H11NO4S. The number of para-hydroxylation sites is 1. The van der Waals surface area contributed by atoms with Crippen LogP contribution in [0.2, 0.25) is 0 Å². The van der Waals surface area contributed by atoms with Gasteiger partial charge in [-0.05, 0) is 23.8 Å². The average molecular weight is 289 g/mol. The van der Waals surface area contributed by atoms with Crippen LogP contribution in [0.4, 0.5) is 5.69 Å². The Kier molecular flexibility index (Phi) is 4.37. The Labute approximate surface area is 119 Å². The molecule has 2 aromatic rings. The first-order valence-corrected chi connectivity index (χ1v) is 6.75. The number of carbonyl (C=O) groups is 1. The van der Waals surface area contributed by atoms with Crippen LogP contribution in [0.25, 0.3) is 0 Å². The minimum atomic E-state index is -0.970. The first-order chi connectivity index (χ1) is 9.58. The van der Waals surface area contributed by atoms with E-state index >= 15 is 0 Å². The lowest BCUT2D eigenvalue weighted by molar-refractivity contribution is -0.387. The van der Waals surface area contributed by atoms with Crippen molar-refractivity contribution in [2.45, 2.75) is 10.6 Å². The zero-order valence-corrected chi connectivity index (χ0v) is 11.2. The van der Waals surface area contributed by atoms with Crippen molar-refractivity contribution in [1.29, 1.82) is 0 Å². The van der Waals surface area contributed by atoms with Crippen molar-refractivity contribution in [3.63, 3.8) is 0 Å². The SMILES string of the molecule is O=C(O)c1ccc(CSc2ccccc2[N+](=O)[O-])cc1. The number of benzene rings is 2. The van der Waals surface area contributed by atoms with Crippen LogP contribution in [0.5, 0.6) is 0 Å². The summed E-state index contributed by atoms with van der Waals surface area (Å²) < 4.78 is 0. The molecule has 0 saturated heterocycles. The number of nitro groups is 1. The molecule has 0 radical (unpaired) electrons. The van der Waals surface area contributed by atoms with Gasteiger partial charge in [0.15, 0.2) is 0 Å². The summed E-state index contributed by atoms with van der Waals surface area (Å²) in [4.78, 5) is 21.8. The Balaban J connectivity index is 2.09. The molecule has 102 valence electrons. The van der Waals surface area contributed by atoms with E-state index in [1.807, 2.05) is 0 Å². The molecule has 0 fully saturated rings. The van der Waals surface area contributed by atoms with Crippen molar-refractivity contribution in [2.24, 2.45) is 0 Å². The molecule has 6 heteroatoms. The van der Waals surface area contributed by atoms with E-state index in [4.69, 9.17) is 5.11 Å². The maximum absolute atomic E-state index is 10.9. The molecule has 2 aromatic carbocycles. The lowest BCUT2D eigenvalue weighted by Crippen LogP contribution is -1.95. The highest BCUT2D eigenvalue weighted by Gasteiger charge is 2.12. The Bertz CT molecular complexity index is 640. The molecule has 0 amide bonds. The predicted octanol–water partition coefficient (Wildman–Crippen LogP) is 3.59. The molecule has 0 spiro atoms. The molecule has 20 heavy (non-hydrogen) atoms. The number of nitrogens with zero attached hydrogens (tertiary/aromatic N) is 1. The minimum absolute atomic E-state index is 0.0830. The van der Waals surface area contributed by atoms with Crippen LogP contribution in [0.1, 0.15) is 15.9 Å². The third-order valence-electron chi connectivity index (χ3n) is 2.66. The third-order valence-corrected chi connectivity index (χ3v) is 3.79. The Morgan fingerprint density at radius 3 is 2.40 bits per heavy atom. The molecule has 2 rings (SSSR count). The van der Waals surface area contributed by atoms with E-state index in [9.17, 15) is 14.9 Å². The summed E-state index contributed by atoms with van der Waals surface area (Å²) in [5, 5.41) is 19.7. The first-order valence-electron chi connectivity index (χ1n) is 5.76. The van der Waals surface area contributed by atoms with Crippen molar-refractivity contribution in [3.05, 3.63) is 69.8 Å². The summed E-state index contributed by atoms with van der Waals surface area (Å²) >= 11 is 1.35. The minimum Gasteiger partial charge on any atom is -0.478 e. The standard InChI is InChI=1S/C14H11NO4S/c16-14(17)11-7-5-10(6-8-11)9-20-13-4-2-1-3-12(13)15(18)19/h1-8H,9H2,(H,16,17). The number of aromatic carboxylic acids is 1. The molecule has 0 aromatic heterocycles. The monoisotopic (exact) mass is 289 g/mol. The molecule has 0 aliphatic rings. The Morgan fingerprint density at radius 2 is 1.80 bits per heavy atom. The van der Waals surface area contributed by atoms with Crippen molar-refractivity contribution in [2.75, 3.05) is 0 Å². The van der Waals surface area contributed by atoms with Crippen LogP contribution in [0, 0.1) is 10.1 Å². The highest BCUT2D eigenvalue weighted by molar-refractivity contribution is 7.98. The highest BCUT2D eigenvalue weighted by Crippen LogP contribution is 2.31. The van der Waals surface area contributed by atoms with E-state index < -0.39 is 10.9 Å². The molecule has 0 heterocycles. The topological polar surface area (TPSA) is 80.4 Å². The molecule has 0 aliphatic heterocycles. The highest BCUT2D eigenvalue weighted by atomic mass is 32.2. The second kappa shape index (κ2) is 6.21. The van der Waals surface area contributed by atoms with E-state index in [1.165, 1.54) is 30.0 Å². The van der Waals surface area contributed by atoms with Gasteiger partial charge in [0, 0.05) is 11.8 Å². The molecule has 1 N–H and O–H groups in total. The average Bonchev–Trinajstić information content (AvgIpc) is 2.45. The summed E-state index contributed by atoms with van der Waals surface area (Å²) in [6.07, 6.45) is 0. The van der Waals surface area contributed by atoms with E-state index in [-0.39, 0.29) is 11.3 Å². The quantitative estimate of drug-likeness (QED) is 0.517. The smallest absolute Gasteiger partial charge is 0.335 e. The summed E-state index contributed by atoms with van der Waals surface area (Å²) in [6, 6.07) is 13.0. The fraction of sp³-hybridized carbons (Fsp3) is 0.0714. The lowest BCUT2D eigenvalue weighted by atomic mass is 10.1. The van der Waals surface area contributed by atoms with Crippen molar-refractivity contribution < 1.29 is 14.8 Å². The number of thioether (sulfide) groups is 1. The van der Waals surface area contributed by atoms with Gasteiger partial charge in [0.2, 0.25) is 0 Å². The van der Waals surface area contributed by atoms with Crippen molar-refractivity contribution in [1.82, 2.24) is 0 Å². The largest absolute Gasteiger partial charge is 0.478 e. The zero-order valence-electron chi connectivity index (χ0n) is 10.4. The van der Waals surface area contributed by atoms with E-state index in [0.29, 0.717) is 10.6 Å². The maximum Gasteiger partial charge on any atom is 0.335 e. The van der Waals surface area contributed by atoms with Gasteiger partial charge in [0.25, 0.3) is 5.69 Å². The van der Waals surface area contributed by atoms with Gasteiger partial charge < -0.3 is 5.11 Å². The van der Waals surface area contributed by atoms with Crippen LogP contribution >= 0.6 is 11.8 Å². The van der Waals surface area contributed by atoms with Gasteiger partial charge in [-0.3, -0.25) is 10.1 Å².